The lowest BCUT2D eigenvalue weighted by Crippen LogP contribution is -2.58. The van der Waals surface area contributed by atoms with E-state index in [0.717, 1.165) is 25.9 Å². The first-order chi connectivity index (χ1) is 10.1. The van der Waals surface area contributed by atoms with E-state index in [2.05, 4.69) is 35.3 Å². The Bertz CT molecular complexity index is 388. The lowest BCUT2D eigenvalue weighted by molar-refractivity contribution is -0.125. The van der Waals surface area contributed by atoms with Crippen molar-refractivity contribution in [1.29, 1.82) is 0 Å². The molecule has 5 unspecified atom stereocenters. The molecule has 0 spiro atoms. The average molecular weight is 294 g/mol. The number of hydrogen-bond acceptors (Lipinski definition) is 4. The fraction of sp³-hybridized carbons (Fsp3) is 0.938. The third-order valence-corrected chi connectivity index (χ3v) is 5.79. The number of piperidine rings is 1. The Labute approximate surface area is 128 Å². The molecule has 0 saturated carbocycles. The number of hydrogen-bond donors (Lipinski definition) is 4. The van der Waals surface area contributed by atoms with Crippen molar-refractivity contribution < 1.29 is 4.79 Å². The monoisotopic (exact) mass is 294 g/mol. The van der Waals surface area contributed by atoms with Crippen molar-refractivity contribution in [3.8, 4) is 0 Å². The molecule has 5 nitrogen and oxygen atoms in total. The zero-order chi connectivity index (χ0) is 14.9. The number of nitrogens with one attached hydrogen (secondary N) is 4. The topological polar surface area (TPSA) is 65.2 Å². The van der Waals surface area contributed by atoms with Crippen LogP contribution in [0.5, 0.6) is 0 Å². The van der Waals surface area contributed by atoms with E-state index in [1.807, 2.05) is 0 Å². The van der Waals surface area contributed by atoms with E-state index in [9.17, 15) is 4.79 Å². The van der Waals surface area contributed by atoms with E-state index >= 15 is 0 Å². The minimum atomic E-state index is 0.131. The summed E-state index contributed by atoms with van der Waals surface area (Å²) >= 11 is 0. The number of amides is 1. The van der Waals surface area contributed by atoms with E-state index in [4.69, 9.17) is 0 Å². The maximum atomic E-state index is 12.4. The Morgan fingerprint density at radius 1 is 1.24 bits per heavy atom. The van der Waals surface area contributed by atoms with Gasteiger partial charge in [0.15, 0.2) is 0 Å². The van der Waals surface area contributed by atoms with Gasteiger partial charge in [-0.3, -0.25) is 15.6 Å². The van der Waals surface area contributed by atoms with Crippen LogP contribution < -0.4 is 21.5 Å². The van der Waals surface area contributed by atoms with Gasteiger partial charge in [0.05, 0.1) is 6.04 Å². The summed E-state index contributed by atoms with van der Waals surface area (Å²) in [5.74, 6) is 0.358. The van der Waals surface area contributed by atoms with Crippen LogP contribution in [0.2, 0.25) is 0 Å². The molecule has 0 aliphatic carbocycles. The van der Waals surface area contributed by atoms with Gasteiger partial charge in [-0.15, -0.1) is 0 Å². The van der Waals surface area contributed by atoms with Crippen LogP contribution in [0.4, 0.5) is 0 Å². The van der Waals surface area contributed by atoms with Crippen LogP contribution in [0.15, 0.2) is 0 Å². The minimum Gasteiger partial charge on any atom is -0.350 e. The molecule has 3 aliphatic heterocycles. The third-order valence-electron chi connectivity index (χ3n) is 5.79. The summed E-state index contributed by atoms with van der Waals surface area (Å²) in [5, 5.41) is 6.98. The van der Waals surface area contributed by atoms with Gasteiger partial charge in [0, 0.05) is 24.5 Å². The Hall–Kier alpha value is -0.650. The highest BCUT2D eigenvalue weighted by molar-refractivity contribution is 5.78. The van der Waals surface area contributed by atoms with Crippen molar-refractivity contribution in [2.75, 3.05) is 13.1 Å². The van der Waals surface area contributed by atoms with Gasteiger partial charge in [-0.2, -0.15) is 0 Å². The first kappa shape index (κ1) is 15.3. The van der Waals surface area contributed by atoms with Crippen molar-refractivity contribution >= 4 is 5.91 Å². The van der Waals surface area contributed by atoms with E-state index in [1.54, 1.807) is 0 Å². The maximum absolute atomic E-state index is 12.4. The van der Waals surface area contributed by atoms with Crippen molar-refractivity contribution in [1.82, 2.24) is 21.5 Å². The zero-order valence-electron chi connectivity index (χ0n) is 13.4. The molecule has 0 aromatic rings. The Morgan fingerprint density at radius 3 is 2.90 bits per heavy atom. The van der Waals surface area contributed by atoms with Gasteiger partial charge in [0.2, 0.25) is 5.91 Å². The van der Waals surface area contributed by atoms with Crippen molar-refractivity contribution in [3.63, 3.8) is 0 Å². The highest BCUT2D eigenvalue weighted by Gasteiger charge is 2.45. The molecule has 3 rings (SSSR count). The normalized spacial score (nSPS) is 45.1. The molecule has 3 saturated heterocycles. The van der Waals surface area contributed by atoms with E-state index in [-0.39, 0.29) is 23.3 Å². The van der Waals surface area contributed by atoms with Gasteiger partial charge in [0.1, 0.15) is 0 Å². The predicted molar refractivity (Wildman–Crippen MR) is 83.6 cm³/mol. The molecule has 120 valence electrons. The summed E-state index contributed by atoms with van der Waals surface area (Å²) in [6.07, 6.45) is 7.01. The minimum absolute atomic E-state index is 0.131. The fourth-order valence-electron chi connectivity index (χ4n) is 4.37. The van der Waals surface area contributed by atoms with Crippen LogP contribution in [0.25, 0.3) is 0 Å². The van der Waals surface area contributed by atoms with Crippen LogP contribution in [-0.2, 0) is 4.79 Å². The van der Waals surface area contributed by atoms with Gasteiger partial charge >= 0.3 is 0 Å². The Kier molecular flexibility index (Phi) is 4.52. The van der Waals surface area contributed by atoms with E-state index < -0.39 is 0 Å². The molecule has 1 amide bonds. The Balaban J connectivity index is 1.79. The molecule has 3 aliphatic rings. The van der Waals surface area contributed by atoms with Gasteiger partial charge in [-0.25, -0.2) is 0 Å². The average Bonchev–Trinajstić information content (AvgIpc) is 2.91. The fourth-order valence-corrected chi connectivity index (χ4v) is 4.37. The largest absolute Gasteiger partial charge is 0.350 e. The third kappa shape index (κ3) is 3.25. The van der Waals surface area contributed by atoms with Gasteiger partial charge in [-0.1, -0.05) is 26.7 Å². The summed E-state index contributed by atoms with van der Waals surface area (Å²) in [5.41, 5.74) is 6.97. The highest BCUT2D eigenvalue weighted by Crippen LogP contribution is 2.38. The molecular formula is C16H30N4O. The SMILES string of the molecule is CC1CCCCC2CC(C)(CCN2)C2NNCC2NC1=O. The van der Waals surface area contributed by atoms with Crippen molar-refractivity contribution in [2.24, 2.45) is 11.3 Å². The van der Waals surface area contributed by atoms with Crippen LogP contribution in [-0.4, -0.2) is 37.1 Å². The second-order valence-electron chi connectivity index (χ2n) is 7.56. The van der Waals surface area contributed by atoms with Gasteiger partial charge in [-0.05, 0) is 37.6 Å². The number of rotatable bonds is 0. The van der Waals surface area contributed by atoms with E-state index in [1.165, 1.54) is 25.7 Å². The molecule has 3 heterocycles. The smallest absolute Gasteiger partial charge is 0.223 e. The molecule has 0 radical (unpaired) electrons. The molecule has 5 heteroatoms. The predicted octanol–water partition coefficient (Wildman–Crippen LogP) is 0.916. The molecule has 0 aromatic heterocycles. The lowest BCUT2D eigenvalue weighted by atomic mass is 9.69. The molecule has 3 fully saturated rings. The summed E-state index contributed by atoms with van der Waals surface area (Å²) in [6.45, 7) is 6.37. The molecule has 2 bridgehead atoms. The van der Waals surface area contributed by atoms with Crippen LogP contribution in [0, 0.1) is 11.3 Å². The second kappa shape index (κ2) is 6.23. The molecular weight excluding hydrogens is 264 g/mol. The quantitative estimate of drug-likeness (QED) is 0.536. The summed E-state index contributed by atoms with van der Waals surface area (Å²) in [4.78, 5) is 12.4. The van der Waals surface area contributed by atoms with Crippen LogP contribution in [0.3, 0.4) is 0 Å². The van der Waals surface area contributed by atoms with Crippen molar-refractivity contribution in [2.45, 2.75) is 70.5 Å². The lowest BCUT2D eigenvalue weighted by Gasteiger charge is -2.45. The summed E-state index contributed by atoms with van der Waals surface area (Å²) in [7, 11) is 0. The number of carbonyl (C=O) groups is 1. The highest BCUT2D eigenvalue weighted by atomic mass is 16.2. The molecule has 21 heavy (non-hydrogen) atoms. The number of fused-ring (bicyclic) bond motifs is 4. The van der Waals surface area contributed by atoms with Crippen LogP contribution in [0.1, 0.15) is 52.4 Å². The Morgan fingerprint density at radius 2 is 2.05 bits per heavy atom. The van der Waals surface area contributed by atoms with Crippen LogP contribution >= 0.6 is 0 Å². The number of carbonyl (C=O) groups excluding carboxylic acids is 1. The van der Waals surface area contributed by atoms with Crippen molar-refractivity contribution in [3.05, 3.63) is 0 Å². The van der Waals surface area contributed by atoms with E-state index in [0.29, 0.717) is 12.1 Å². The van der Waals surface area contributed by atoms with Gasteiger partial charge in [0.25, 0.3) is 0 Å². The molecule has 0 aromatic carbocycles. The second-order valence-corrected chi connectivity index (χ2v) is 7.56. The summed E-state index contributed by atoms with van der Waals surface area (Å²) in [6, 6.07) is 1.18. The maximum Gasteiger partial charge on any atom is 0.223 e. The summed E-state index contributed by atoms with van der Waals surface area (Å²) < 4.78 is 0. The first-order valence-corrected chi connectivity index (χ1v) is 8.61. The first-order valence-electron chi connectivity index (χ1n) is 8.61. The van der Waals surface area contributed by atoms with Gasteiger partial charge < -0.3 is 10.6 Å². The zero-order valence-corrected chi connectivity index (χ0v) is 13.4. The molecule has 4 N–H and O–H groups in total. The standard InChI is InChI=1S/C16H30N4O/c1-11-5-3-4-6-12-9-16(2,7-8-17-12)14-13(10-18-20-14)19-15(11)21/h11-14,17-18,20H,3-10H2,1-2H3,(H,19,21). The number of hydrazine groups is 1. The molecule has 5 atom stereocenters.